The molecule has 0 aliphatic heterocycles. The van der Waals surface area contributed by atoms with Gasteiger partial charge in [0.1, 0.15) is 0 Å². The van der Waals surface area contributed by atoms with E-state index < -0.39 is 0 Å². The Labute approximate surface area is 312 Å². The van der Waals surface area contributed by atoms with Gasteiger partial charge < -0.3 is 0 Å². The molecule has 2 heterocycles. The van der Waals surface area contributed by atoms with Crippen molar-refractivity contribution in [1.82, 2.24) is 9.97 Å². The van der Waals surface area contributed by atoms with Gasteiger partial charge >= 0.3 is 0 Å². The number of fused-ring (bicyclic) bond motifs is 4. The normalized spacial score (nSPS) is 11.4. The SMILES string of the molecule is c1ccc(-c2ccc(-c3nc(-c4ccccc4)cc(-c4cc(-c5cccc6ccccc56)cc(-c5cccc6c5sc5ccccc56)c4)n3)cc2)cc1. The minimum Gasteiger partial charge on any atom is -0.228 e. The fourth-order valence-corrected chi connectivity index (χ4v) is 8.70. The predicted molar refractivity (Wildman–Crippen MR) is 225 cm³/mol. The van der Waals surface area contributed by atoms with Gasteiger partial charge in [0.15, 0.2) is 5.82 Å². The third-order valence-electron chi connectivity index (χ3n) is 10.1. The Balaban J connectivity index is 1.20. The molecule has 8 aromatic carbocycles. The van der Waals surface area contributed by atoms with Crippen LogP contribution in [0.25, 0.3) is 98.2 Å². The molecule has 0 amide bonds. The van der Waals surface area contributed by atoms with E-state index in [0.717, 1.165) is 44.8 Å². The van der Waals surface area contributed by atoms with Crippen molar-refractivity contribution in [3.63, 3.8) is 0 Å². The maximum atomic E-state index is 5.32. The molecule has 0 N–H and O–H groups in total. The van der Waals surface area contributed by atoms with Crippen molar-refractivity contribution in [2.45, 2.75) is 0 Å². The fourth-order valence-electron chi connectivity index (χ4n) is 7.46. The molecule has 0 aliphatic rings. The van der Waals surface area contributed by atoms with E-state index in [2.05, 4.69) is 182 Å². The number of thiophene rings is 1. The van der Waals surface area contributed by atoms with Gasteiger partial charge in [-0.2, -0.15) is 0 Å². The van der Waals surface area contributed by atoms with Gasteiger partial charge in [-0.25, -0.2) is 9.97 Å². The summed E-state index contributed by atoms with van der Waals surface area (Å²) in [5.74, 6) is 0.699. The number of hydrogen-bond donors (Lipinski definition) is 0. The lowest BCUT2D eigenvalue weighted by Crippen LogP contribution is -1.97. The summed E-state index contributed by atoms with van der Waals surface area (Å²) < 4.78 is 2.59. The van der Waals surface area contributed by atoms with Crippen LogP contribution >= 0.6 is 11.3 Å². The summed E-state index contributed by atoms with van der Waals surface area (Å²) in [7, 11) is 0. The summed E-state index contributed by atoms with van der Waals surface area (Å²) in [4.78, 5) is 10.5. The molecule has 53 heavy (non-hydrogen) atoms. The van der Waals surface area contributed by atoms with Crippen LogP contribution in [0.5, 0.6) is 0 Å². The Bertz CT molecular complexity index is 2920. The molecular weight excluding hydrogens is 661 g/mol. The van der Waals surface area contributed by atoms with Crippen molar-refractivity contribution in [1.29, 1.82) is 0 Å². The van der Waals surface area contributed by atoms with Crippen LogP contribution in [0.3, 0.4) is 0 Å². The first-order valence-corrected chi connectivity index (χ1v) is 18.7. The predicted octanol–water partition coefficient (Wildman–Crippen LogP) is 14.0. The minimum atomic E-state index is 0.699. The van der Waals surface area contributed by atoms with Gasteiger partial charge in [-0.1, -0.05) is 164 Å². The van der Waals surface area contributed by atoms with Crippen LogP contribution in [0.15, 0.2) is 194 Å². The third-order valence-corrected chi connectivity index (χ3v) is 11.3. The van der Waals surface area contributed by atoms with Gasteiger partial charge in [-0.05, 0) is 74.5 Å². The Morgan fingerprint density at radius 3 is 1.64 bits per heavy atom. The second-order valence-electron chi connectivity index (χ2n) is 13.4. The maximum Gasteiger partial charge on any atom is 0.160 e. The van der Waals surface area contributed by atoms with Crippen molar-refractivity contribution in [3.8, 4) is 67.3 Å². The molecule has 0 saturated carbocycles. The van der Waals surface area contributed by atoms with E-state index in [0.29, 0.717) is 5.82 Å². The molecule has 0 bridgehead atoms. The Morgan fingerprint density at radius 1 is 0.321 bits per heavy atom. The van der Waals surface area contributed by atoms with E-state index >= 15 is 0 Å². The monoisotopic (exact) mass is 692 g/mol. The molecule has 0 radical (unpaired) electrons. The molecule has 2 aromatic heterocycles. The van der Waals surface area contributed by atoms with Crippen molar-refractivity contribution < 1.29 is 0 Å². The zero-order chi connectivity index (χ0) is 35.1. The van der Waals surface area contributed by atoms with Crippen LogP contribution in [0.1, 0.15) is 0 Å². The number of nitrogens with zero attached hydrogens (tertiary/aromatic N) is 2. The van der Waals surface area contributed by atoms with Crippen LogP contribution in [-0.4, -0.2) is 9.97 Å². The summed E-state index contributed by atoms with van der Waals surface area (Å²) in [6, 6.07) is 69.2. The maximum absolute atomic E-state index is 5.32. The minimum absolute atomic E-state index is 0.699. The highest BCUT2D eigenvalue weighted by molar-refractivity contribution is 7.26. The third kappa shape index (κ3) is 5.78. The van der Waals surface area contributed by atoms with E-state index in [-0.39, 0.29) is 0 Å². The van der Waals surface area contributed by atoms with Crippen LogP contribution < -0.4 is 0 Å². The highest BCUT2D eigenvalue weighted by atomic mass is 32.1. The van der Waals surface area contributed by atoms with E-state index in [1.54, 1.807) is 0 Å². The quantitative estimate of drug-likeness (QED) is 0.173. The molecule has 2 nitrogen and oxygen atoms in total. The first-order chi connectivity index (χ1) is 26.2. The van der Waals surface area contributed by atoms with Crippen LogP contribution in [0, 0.1) is 0 Å². The van der Waals surface area contributed by atoms with Crippen molar-refractivity contribution in [3.05, 3.63) is 194 Å². The first kappa shape index (κ1) is 31.1. The van der Waals surface area contributed by atoms with Crippen LogP contribution in [-0.2, 0) is 0 Å². The van der Waals surface area contributed by atoms with E-state index in [4.69, 9.17) is 9.97 Å². The molecular formula is C50H32N2S. The van der Waals surface area contributed by atoms with E-state index in [1.165, 1.54) is 47.6 Å². The van der Waals surface area contributed by atoms with Gasteiger partial charge in [0.05, 0.1) is 11.4 Å². The van der Waals surface area contributed by atoms with Gasteiger partial charge in [0.2, 0.25) is 0 Å². The largest absolute Gasteiger partial charge is 0.228 e. The Hall–Kier alpha value is -6.68. The van der Waals surface area contributed by atoms with Crippen molar-refractivity contribution >= 4 is 42.3 Å². The number of rotatable bonds is 6. The smallest absolute Gasteiger partial charge is 0.160 e. The summed E-state index contributed by atoms with van der Waals surface area (Å²) in [5.41, 5.74) is 11.9. The molecule has 10 rings (SSSR count). The topological polar surface area (TPSA) is 25.8 Å². The highest BCUT2D eigenvalue weighted by Crippen LogP contribution is 2.43. The second kappa shape index (κ2) is 13.1. The zero-order valence-corrected chi connectivity index (χ0v) is 29.6. The molecule has 3 heteroatoms. The lowest BCUT2D eigenvalue weighted by atomic mass is 9.91. The van der Waals surface area contributed by atoms with Gasteiger partial charge in [0, 0.05) is 36.9 Å². The first-order valence-electron chi connectivity index (χ1n) is 17.9. The number of benzene rings is 8. The summed E-state index contributed by atoms with van der Waals surface area (Å²) in [6.07, 6.45) is 0. The molecule has 0 fully saturated rings. The molecule has 248 valence electrons. The average Bonchev–Trinajstić information content (AvgIpc) is 3.63. The van der Waals surface area contributed by atoms with E-state index in [1.807, 2.05) is 23.5 Å². The lowest BCUT2D eigenvalue weighted by Gasteiger charge is -2.15. The van der Waals surface area contributed by atoms with Gasteiger partial charge in [-0.15, -0.1) is 11.3 Å². The highest BCUT2D eigenvalue weighted by Gasteiger charge is 2.17. The van der Waals surface area contributed by atoms with Gasteiger partial charge in [-0.3, -0.25) is 0 Å². The van der Waals surface area contributed by atoms with Crippen molar-refractivity contribution in [2.75, 3.05) is 0 Å². The summed E-state index contributed by atoms with van der Waals surface area (Å²) in [6.45, 7) is 0. The van der Waals surface area contributed by atoms with Gasteiger partial charge in [0.25, 0.3) is 0 Å². The summed E-state index contributed by atoms with van der Waals surface area (Å²) >= 11 is 1.86. The fraction of sp³-hybridized carbons (Fsp3) is 0. The van der Waals surface area contributed by atoms with E-state index in [9.17, 15) is 0 Å². The van der Waals surface area contributed by atoms with Crippen LogP contribution in [0.2, 0.25) is 0 Å². The second-order valence-corrected chi connectivity index (χ2v) is 14.4. The average molecular weight is 693 g/mol. The standard InChI is InChI=1S/C50H32N2S/c1-3-13-33(14-4-1)34-25-27-37(28-26-34)50-51-46(36-16-5-2-6-17-36)32-47(52-50)40-30-38(42-21-11-18-35-15-7-8-19-41(35)42)29-39(31-40)43-22-12-23-45-44-20-9-10-24-48(44)53-49(43)45/h1-32H. The number of aromatic nitrogens is 2. The molecule has 0 saturated heterocycles. The molecule has 0 aliphatic carbocycles. The molecule has 0 atom stereocenters. The van der Waals surface area contributed by atoms with Crippen molar-refractivity contribution in [2.24, 2.45) is 0 Å². The molecule has 10 aromatic rings. The zero-order valence-electron chi connectivity index (χ0n) is 28.8. The lowest BCUT2D eigenvalue weighted by molar-refractivity contribution is 1.18. The number of hydrogen-bond acceptors (Lipinski definition) is 3. The Morgan fingerprint density at radius 2 is 0.849 bits per heavy atom. The van der Waals surface area contributed by atoms with Crippen LogP contribution in [0.4, 0.5) is 0 Å². The molecule has 0 spiro atoms. The Kier molecular flexibility index (Phi) is 7.71. The molecule has 0 unspecified atom stereocenters. The summed E-state index contributed by atoms with van der Waals surface area (Å²) in [5, 5.41) is 5.03.